The number of benzene rings is 2. The van der Waals surface area contributed by atoms with Crippen molar-refractivity contribution in [1.82, 2.24) is 4.90 Å². The van der Waals surface area contributed by atoms with E-state index < -0.39 is 5.97 Å². The van der Waals surface area contributed by atoms with Crippen molar-refractivity contribution in [2.45, 2.75) is 6.54 Å². The van der Waals surface area contributed by atoms with Gasteiger partial charge in [0.05, 0.1) is 31.4 Å². The highest BCUT2D eigenvalue weighted by Gasteiger charge is 2.29. The van der Waals surface area contributed by atoms with Gasteiger partial charge in [-0.1, -0.05) is 23.7 Å². The summed E-state index contributed by atoms with van der Waals surface area (Å²) in [6, 6.07) is 15.5. The maximum Gasteiger partial charge on any atom is 0.337 e. The first-order valence-corrected chi connectivity index (χ1v) is 10.3. The molecule has 1 aliphatic heterocycles. The molecule has 1 aliphatic rings. The summed E-state index contributed by atoms with van der Waals surface area (Å²) in [5, 5.41) is 0.463. The zero-order chi connectivity index (χ0) is 23.5. The number of furan rings is 1. The van der Waals surface area contributed by atoms with Crippen molar-refractivity contribution in [1.29, 1.82) is 0 Å². The number of carbonyl (C=O) groups is 2. The van der Waals surface area contributed by atoms with Gasteiger partial charge in [0.25, 0.3) is 5.91 Å². The number of aliphatic imine (C=N–C) groups is 1. The molecule has 2 N–H and O–H groups in total. The molecule has 0 saturated carbocycles. The maximum absolute atomic E-state index is 12.9. The van der Waals surface area contributed by atoms with Gasteiger partial charge in [0.1, 0.15) is 23.0 Å². The summed E-state index contributed by atoms with van der Waals surface area (Å²) >= 11 is 6.19. The number of carbonyl (C=O) groups excluding carboxylic acids is 2. The van der Waals surface area contributed by atoms with E-state index in [1.165, 1.54) is 18.1 Å². The monoisotopic (exact) mass is 465 g/mol. The molecule has 1 amide bonds. The second kappa shape index (κ2) is 9.22. The van der Waals surface area contributed by atoms with Gasteiger partial charge in [0.2, 0.25) is 5.96 Å². The zero-order valence-corrected chi connectivity index (χ0v) is 18.6. The Morgan fingerprint density at radius 3 is 2.58 bits per heavy atom. The molecule has 2 heterocycles. The van der Waals surface area contributed by atoms with Crippen LogP contribution in [0.4, 0.5) is 0 Å². The predicted octanol–water partition coefficient (Wildman–Crippen LogP) is 4.09. The number of nitrogens with zero attached hydrogens (tertiary/aromatic N) is 2. The summed E-state index contributed by atoms with van der Waals surface area (Å²) in [7, 11) is 2.86. The van der Waals surface area contributed by atoms with Crippen LogP contribution in [0, 0.1) is 0 Å². The molecule has 0 atom stereocenters. The minimum absolute atomic E-state index is 0.0806. The van der Waals surface area contributed by atoms with Crippen LogP contribution in [0.3, 0.4) is 0 Å². The first kappa shape index (κ1) is 22.2. The Labute approximate surface area is 194 Å². The summed E-state index contributed by atoms with van der Waals surface area (Å²) in [6.45, 7) is 0.209. The van der Waals surface area contributed by atoms with Crippen LogP contribution in [0.1, 0.15) is 21.7 Å². The minimum Gasteiger partial charge on any atom is -0.495 e. The number of methoxy groups -OCH3 is 2. The molecule has 0 spiro atoms. The number of rotatable bonds is 6. The van der Waals surface area contributed by atoms with E-state index in [9.17, 15) is 9.59 Å². The molecule has 0 bridgehead atoms. The lowest BCUT2D eigenvalue weighted by atomic mass is 10.1. The van der Waals surface area contributed by atoms with E-state index in [0.29, 0.717) is 27.9 Å². The number of nitrogens with two attached hydrogens (primary N) is 1. The van der Waals surface area contributed by atoms with Crippen LogP contribution in [-0.4, -0.2) is 37.0 Å². The lowest BCUT2D eigenvalue weighted by Gasteiger charge is -2.15. The Morgan fingerprint density at radius 1 is 1.15 bits per heavy atom. The zero-order valence-electron chi connectivity index (χ0n) is 17.9. The molecule has 0 aliphatic carbocycles. The molecule has 168 valence electrons. The maximum atomic E-state index is 12.9. The van der Waals surface area contributed by atoms with E-state index in [1.54, 1.807) is 55.6 Å². The molecule has 0 unspecified atom stereocenters. The van der Waals surface area contributed by atoms with Crippen LogP contribution in [0.2, 0.25) is 5.02 Å². The van der Waals surface area contributed by atoms with Crippen molar-refractivity contribution in [2.75, 3.05) is 14.2 Å². The molecule has 8 nitrogen and oxygen atoms in total. The van der Waals surface area contributed by atoms with Crippen LogP contribution in [0.5, 0.6) is 5.75 Å². The van der Waals surface area contributed by atoms with Crippen LogP contribution >= 0.6 is 11.6 Å². The Morgan fingerprint density at radius 2 is 1.91 bits per heavy atom. The number of hydrogen-bond acceptors (Lipinski definition) is 7. The van der Waals surface area contributed by atoms with Gasteiger partial charge in [0, 0.05) is 11.6 Å². The van der Waals surface area contributed by atoms with Crippen LogP contribution in [0.15, 0.2) is 69.7 Å². The molecule has 2 aromatic carbocycles. The summed E-state index contributed by atoms with van der Waals surface area (Å²) in [4.78, 5) is 30.0. The summed E-state index contributed by atoms with van der Waals surface area (Å²) in [5.74, 6) is 0.889. The molecule has 0 saturated heterocycles. The molecule has 0 fully saturated rings. The van der Waals surface area contributed by atoms with Crippen molar-refractivity contribution in [2.24, 2.45) is 10.7 Å². The van der Waals surface area contributed by atoms with E-state index in [4.69, 9.17) is 26.5 Å². The highest BCUT2D eigenvalue weighted by molar-refractivity contribution is 6.32. The number of esters is 1. The average molecular weight is 466 g/mol. The van der Waals surface area contributed by atoms with Crippen LogP contribution in [-0.2, 0) is 16.1 Å². The number of halogens is 1. The largest absolute Gasteiger partial charge is 0.495 e. The molecule has 9 heteroatoms. The summed E-state index contributed by atoms with van der Waals surface area (Å²) in [5.41, 5.74) is 8.11. The van der Waals surface area contributed by atoms with Gasteiger partial charge in [-0.3, -0.25) is 9.69 Å². The lowest BCUT2D eigenvalue weighted by molar-refractivity contribution is -0.123. The fourth-order valence-corrected chi connectivity index (χ4v) is 3.57. The van der Waals surface area contributed by atoms with Crippen molar-refractivity contribution < 1.29 is 23.5 Å². The summed E-state index contributed by atoms with van der Waals surface area (Å²) in [6.07, 6.45) is 1.53. The van der Waals surface area contributed by atoms with Crippen molar-refractivity contribution in [3.63, 3.8) is 0 Å². The highest BCUT2D eigenvalue weighted by Crippen LogP contribution is 2.31. The second-order valence-corrected chi connectivity index (χ2v) is 7.54. The third-order valence-corrected chi connectivity index (χ3v) is 5.33. The standard InChI is InChI=1S/C24H20ClN3O5/c1-31-21-9-7-16(11-18(21)25)20-10-8-17(33-20)12-19-22(29)28(24(26)27-19)13-14-3-5-15(6-4-14)23(30)32-2/h3-12H,13H2,1-2H3,(H2,26,27). The first-order valence-electron chi connectivity index (χ1n) is 9.88. The van der Waals surface area contributed by atoms with Crippen molar-refractivity contribution in [3.8, 4) is 17.1 Å². The Hall–Kier alpha value is -4.04. The van der Waals surface area contributed by atoms with Crippen molar-refractivity contribution in [3.05, 3.63) is 82.2 Å². The van der Waals surface area contributed by atoms with Gasteiger partial charge in [-0.15, -0.1) is 0 Å². The van der Waals surface area contributed by atoms with Crippen LogP contribution in [0.25, 0.3) is 17.4 Å². The van der Waals surface area contributed by atoms with Gasteiger partial charge in [0.15, 0.2) is 0 Å². The molecule has 0 radical (unpaired) electrons. The Kier molecular flexibility index (Phi) is 6.19. The Balaban J connectivity index is 1.50. The quantitative estimate of drug-likeness (QED) is 0.434. The lowest BCUT2D eigenvalue weighted by Crippen LogP contribution is -2.36. The topological polar surface area (TPSA) is 107 Å². The molecule has 4 rings (SSSR count). The second-order valence-electron chi connectivity index (χ2n) is 7.13. The number of amides is 1. The number of guanidine groups is 1. The van der Waals surface area contributed by atoms with E-state index in [2.05, 4.69) is 9.73 Å². The van der Waals surface area contributed by atoms with Gasteiger partial charge in [-0.25, -0.2) is 9.79 Å². The van der Waals surface area contributed by atoms with E-state index in [1.807, 2.05) is 6.07 Å². The number of hydrogen-bond donors (Lipinski definition) is 1. The van der Waals surface area contributed by atoms with Crippen molar-refractivity contribution >= 4 is 35.5 Å². The summed E-state index contributed by atoms with van der Waals surface area (Å²) < 4.78 is 15.7. The molecule has 3 aromatic rings. The normalized spacial score (nSPS) is 14.5. The highest BCUT2D eigenvalue weighted by atomic mass is 35.5. The first-order chi connectivity index (χ1) is 15.9. The predicted molar refractivity (Wildman–Crippen MR) is 124 cm³/mol. The molecular formula is C24H20ClN3O5. The third-order valence-electron chi connectivity index (χ3n) is 5.03. The molecular weight excluding hydrogens is 446 g/mol. The van der Waals surface area contributed by atoms with E-state index in [-0.39, 0.29) is 24.1 Å². The number of ether oxygens (including phenoxy) is 2. The molecule has 1 aromatic heterocycles. The Bertz CT molecular complexity index is 1280. The third kappa shape index (κ3) is 4.61. The molecule has 33 heavy (non-hydrogen) atoms. The van der Waals surface area contributed by atoms with Gasteiger partial charge >= 0.3 is 5.97 Å². The van der Waals surface area contributed by atoms with E-state index in [0.717, 1.165) is 11.1 Å². The van der Waals surface area contributed by atoms with Gasteiger partial charge in [-0.05, 0) is 48.0 Å². The SMILES string of the molecule is COC(=O)c1ccc(CN2C(=O)C(=Cc3ccc(-c4ccc(OC)c(Cl)c4)o3)N=C2N)cc1. The van der Waals surface area contributed by atoms with E-state index >= 15 is 0 Å². The average Bonchev–Trinajstić information content (AvgIpc) is 3.39. The van der Waals surface area contributed by atoms with Crippen LogP contribution < -0.4 is 10.5 Å². The van der Waals surface area contributed by atoms with Gasteiger partial charge < -0.3 is 19.6 Å². The smallest absolute Gasteiger partial charge is 0.337 e. The fourth-order valence-electron chi connectivity index (χ4n) is 3.31. The fraction of sp³-hybridized carbons (Fsp3) is 0.125. The minimum atomic E-state index is -0.431. The van der Waals surface area contributed by atoms with Gasteiger partial charge in [-0.2, -0.15) is 0 Å².